The second kappa shape index (κ2) is 7.03. The van der Waals surface area contributed by atoms with E-state index in [0.29, 0.717) is 17.8 Å². The van der Waals surface area contributed by atoms with E-state index in [4.69, 9.17) is 0 Å². The van der Waals surface area contributed by atoms with E-state index in [-0.39, 0.29) is 11.6 Å². The van der Waals surface area contributed by atoms with Gasteiger partial charge < -0.3 is 5.32 Å². The van der Waals surface area contributed by atoms with Crippen molar-refractivity contribution in [2.24, 2.45) is 0 Å². The Morgan fingerprint density at radius 3 is 2.67 bits per heavy atom. The second-order valence-corrected chi connectivity index (χ2v) is 5.01. The Bertz CT molecular complexity index is 527. The van der Waals surface area contributed by atoms with Gasteiger partial charge in [-0.05, 0) is 25.8 Å². The fourth-order valence-electron chi connectivity index (χ4n) is 2.39. The van der Waals surface area contributed by atoms with Crippen LogP contribution in [0.5, 0.6) is 0 Å². The Morgan fingerprint density at radius 1 is 1.33 bits per heavy atom. The number of carbonyl (C=O) groups is 1. The minimum Gasteiger partial charge on any atom is -0.385 e. The Balaban J connectivity index is 2.19. The van der Waals surface area contributed by atoms with Crippen LogP contribution in [0.1, 0.15) is 36.5 Å². The average molecular weight is 292 g/mol. The number of carbonyl (C=O) groups excluding carboxylic acids is 1. The summed E-state index contributed by atoms with van der Waals surface area (Å²) in [5.41, 5.74) is 3.66. The first-order valence-electron chi connectivity index (χ1n) is 7.20. The standard InChI is InChI=1S/C14H20N4O3/c1-2-15-13-7-6-11(18(20)21)10-12(13)14(19)16-17-8-4-3-5-9-17/h6-7,10,15H,2-5,8-9H2,1H3,(H,16,19). The molecular weight excluding hydrogens is 272 g/mol. The molecular formula is C14H20N4O3. The van der Waals surface area contributed by atoms with Crippen molar-refractivity contribution in [2.45, 2.75) is 26.2 Å². The molecule has 0 bridgehead atoms. The quantitative estimate of drug-likeness (QED) is 0.641. The first-order chi connectivity index (χ1) is 10.1. The minimum absolute atomic E-state index is 0.0829. The number of hydrazine groups is 1. The monoisotopic (exact) mass is 292 g/mol. The molecule has 1 heterocycles. The van der Waals surface area contributed by atoms with Gasteiger partial charge in [0.25, 0.3) is 11.6 Å². The number of nitro benzene ring substituents is 1. The van der Waals surface area contributed by atoms with Crippen molar-refractivity contribution >= 4 is 17.3 Å². The summed E-state index contributed by atoms with van der Waals surface area (Å²) in [4.78, 5) is 22.8. The summed E-state index contributed by atoms with van der Waals surface area (Å²) >= 11 is 0. The van der Waals surface area contributed by atoms with Crippen LogP contribution in [0.4, 0.5) is 11.4 Å². The van der Waals surface area contributed by atoms with Gasteiger partial charge in [-0.25, -0.2) is 5.01 Å². The highest BCUT2D eigenvalue weighted by atomic mass is 16.6. The third kappa shape index (κ3) is 3.91. The molecule has 0 spiro atoms. The summed E-state index contributed by atoms with van der Waals surface area (Å²) in [6.45, 7) is 4.18. The van der Waals surface area contributed by atoms with Crippen LogP contribution in [0, 0.1) is 10.1 Å². The summed E-state index contributed by atoms with van der Waals surface area (Å²) in [7, 11) is 0. The Labute approximate surface area is 123 Å². The van der Waals surface area contributed by atoms with Crippen molar-refractivity contribution in [3.05, 3.63) is 33.9 Å². The molecule has 1 amide bonds. The van der Waals surface area contributed by atoms with Crippen molar-refractivity contribution in [1.82, 2.24) is 10.4 Å². The van der Waals surface area contributed by atoms with Gasteiger partial charge in [-0.1, -0.05) is 6.42 Å². The molecule has 0 unspecified atom stereocenters. The van der Waals surface area contributed by atoms with Gasteiger partial charge in [-0.15, -0.1) is 0 Å². The van der Waals surface area contributed by atoms with Crippen LogP contribution < -0.4 is 10.7 Å². The zero-order chi connectivity index (χ0) is 15.2. The molecule has 7 nitrogen and oxygen atoms in total. The number of piperidine rings is 1. The van der Waals surface area contributed by atoms with Crippen LogP contribution in [-0.4, -0.2) is 35.5 Å². The number of amides is 1. The number of hydrogen-bond donors (Lipinski definition) is 2. The van der Waals surface area contributed by atoms with Crippen molar-refractivity contribution in [1.29, 1.82) is 0 Å². The molecule has 0 aromatic heterocycles. The number of rotatable bonds is 5. The van der Waals surface area contributed by atoms with E-state index in [1.165, 1.54) is 18.6 Å². The highest BCUT2D eigenvalue weighted by molar-refractivity contribution is 6.00. The Kier molecular flexibility index (Phi) is 5.10. The maximum absolute atomic E-state index is 12.4. The zero-order valence-corrected chi connectivity index (χ0v) is 12.1. The zero-order valence-electron chi connectivity index (χ0n) is 12.1. The van der Waals surface area contributed by atoms with Crippen molar-refractivity contribution < 1.29 is 9.72 Å². The normalized spacial score (nSPS) is 15.5. The van der Waals surface area contributed by atoms with Crippen LogP contribution in [-0.2, 0) is 0 Å². The number of hydrogen-bond acceptors (Lipinski definition) is 5. The lowest BCUT2D eigenvalue weighted by molar-refractivity contribution is -0.384. The highest BCUT2D eigenvalue weighted by Gasteiger charge is 2.19. The molecule has 1 fully saturated rings. The minimum atomic E-state index is -0.493. The van der Waals surface area contributed by atoms with Gasteiger partial charge in [0.1, 0.15) is 0 Å². The average Bonchev–Trinajstić information content (AvgIpc) is 2.48. The molecule has 1 aliphatic rings. The molecule has 7 heteroatoms. The van der Waals surface area contributed by atoms with Crippen LogP contribution in [0.25, 0.3) is 0 Å². The van der Waals surface area contributed by atoms with E-state index in [1.807, 2.05) is 11.9 Å². The van der Waals surface area contributed by atoms with Crippen LogP contribution in [0.2, 0.25) is 0 Å². The predicted molar refractivity (Wildman–Crippen MR) is 80.2 cm³/mol. The first kappa shape index (κ1) is 15.2. The van der Waals surface area contributed by atoms with E-state index >= 15 is 0 Å². The molecule has 0 atom stereocenters. The third-order valence-electron chi connectivity index (χ3n) is 3.44. The van der Waals surface area contributed by atoms with Gasteiger partial charge in [-0.2, -0.15) is 0 Å². The first-order valence-corrected chi connectivity index (χ1v) is 7.20. The lowest BCUT2D eigenvalue weighted by Gasteiger charge is -2.27. The summed E-state index contributed by atoms with van der Waals surface area (Å²) in [6.07, 6.45) is 3.27. The number of nitrogens with zero attached hydrogens (tertiary/aromatic N) is 2. The molecule has 21 heavy (non-hydrogen) atoms. The van der Waals surface area contributed by atoms with Crippen molar-refractivity contribution in [2.75, 3.05) is 25.0 Å². The largest absolute Gasteiger partial charge is 0.385 e. The number of nitro groups is 1. The molecule has 1 saturated heterocycles. The molecule has 1 aliphatic heterocycles. The molecule has 1 aromatic carbocycles. The van der Waals surface area contributed by atoms with Crippen molar-refractivity contribution in [3.8, 4) is 0 Å². The number of nitrogens with one attached hydrogen (secondary N) is 2. The summed E-state index contributed by atoms with van der Waals surface area (Å²) < 4.78 is 0. The van der Waals surface area contributed by atoms with Gasteiger partial charge in [0, 0.05) is 37.5 Å². The van der Waals surface area contributed by atoms with Gasteiger partial charge in [0.15, 0.2) is 0 Å². The van der Waals surface area contributed by atoms with Gasteiger partial charge in [-0.3, -0.25) is 20.3 Å². The Hall–Kier alpha value is -2.15. The van der Waals surface area contributed by atoms with E-state index in [0.717, 1.165) is 25.9 Å². The number of benzene rings is 1. The maximum Gasteiger partial charge on any atom is 0.270 e. The van der Waals surface area contributed by atoms with Crippen LogP contribution in [0.15, 0.2) is 18.2 Å². The molecule has 0 aliphatic carbocycles. The summed E-state index contributed by atoms with van der Waals surface area (Å²) in [5, 5.41) is 15.8. The molecule has 2 rings (SSSR count). The van der Waals surface area contributed by atoms with E-state index in [9.17, 15) is 14.9 Å². The molecule has 114 valence electrons. The summed E-state index contributed by atoms with van der Waals surface area (Å²) in [6, 6.07) is 4.29. The predicted octanol–water partition coefficient (Wildman–Crippen LogP) is 2.16. The highest BCUT2D eigenvalue weighted by Crippen LogP contribution is 2.22. The third-order valence-corrected chi connectivity index (χ3v) is 3.44. The lowest BCUT2D eigenvalue weighted by atomic mass is 10.1. The van der Waals surface area contributed by atoms with Crippen molar-refractivity contribution in [3.63, 3.8) is 0 Å². The lowest BCUT2D eigenvalue weighted by Crippen LogP contribution is -2.45. The van der Waals surface area contributed by atoms with E-state index in [2.05, 4.69) is 10.7 Å². The maximum atomic E-state index is 12.4. The molecule has 1 aromatic rings. The second-order valence-electron chi connectivity index (χ2n) is 5.01. The van der Waals surface area contributed by atoms with E-state index in [1.54, 1.807) is 6.07 Å². The van der Waals surface area contributed by atoms with E-state index < -0.39 is 4.92 Å². The number of anilines is 1. The van der Waals surface area contributed by atoms with Crippen LogP contribution >= 0.6 is 0 Å². The molecule has 0 saturated carbocycles. The SMILES string of the molecule is CCNc1ccc([N+](=O)[O-])cc1C(=O)NN1CCCCC1. The molecule has 2 N–H and O–H groups in total. The van der Waals surface area contributed by atoms with Gasteiger partial charge >= 0.3 is 0 Å². The van der Waals surface area contributed by atoms with Gasteiger partial charge in [0.2, 0.25) is 0 Å². The van der Waals surface area contributed by atoms with Gasteiger partial charge in [0.05, 0.1) is 10.5 Å². The fourth-order valence-corrected chi connectivity index (χ4v) is 2.39. The smallest absolute Gasteiger partial charge is 0.270 e. The number of non-ortho nitro benzene ring substituents is 1. The molecule has 0 radical (unpaired) electrons. The Morgan fingerprint density at radius 2 is 2.05 bits per heavy atom. The fraction of sp³-hybridized carbons (Fsp3) is 0.500. The van der Waals surface area contributed by atoms with Crippen LogP contribution in [0.3, 0.4) is 0 Å². The topological polar surface area (TPSA) is 87.5 Å². The summed E-state index contributed by atoms with van der Waals surface area (Å²) in [5.74, 6) is -0.309.